The van der Waals surface area contributed by atoms with Crippen molar-refractivity contribution < 1.29 is 13.2 Å². The summed E-state index contributed by atoms with van der Waals surface area (Å²) in [5.41, 5.74) is 1.23. The minimum Gasteiger partial charge on any atom is -0.249 e. The van der Waals surface area contributed by atoms with E-state index in [1.807, 2.05) is 0 Å². The molecular formula is C13H13F3N4. The van der Waals surface area contributed by atoms with Gasteiger partial charge in [-0.25, -0.2) is 19.9 Å². The van der Waals surface area contributed by atoms with Gasteiger partial charge in [0, 0.05) is 11.8 Å². The van der Waals surface area contributed by atoms with Crippen molar-refractivity contribution >= 4 is 11.2 Å². The molecule has 0 atom stereocenters. The summed E-state index contributed by atoms with van der Waals surface area (Å²) in [5.74, 6) is 0.463. The van der Waals surface area contributed by atoms with Gasteiger partial charge < -0.3 is 0 Å². The van der Waals surface area contributed by atoms with Crippen LogP contribution in [0.25, 0.3) is 11.2 Å². The van der Waals surface area contributed by atoms with E-state index in [9.17, 15) is 13.2 Å². The highest BCUT2D eigenvalue weighted by molar-refractivity contribution is 5.72. The molecule has 0 bridgehead atoms. The van der Waals surface area contributed by atoms with E-state index in [0.29, 0.717) is 28.4 Å². The Morgan fingerprint density at radius 1 is 1.20 bits per heavy atom. The first-order valence-electron chi connectivity index (χ1n) is 5.99. The maximum atomic E-state index is 12.4. The maximum absolute atomic E-state index is 12.4. The summed E-state index contributed by atoms with van der Waals surface area (Å²) < 4.78 is 37.3. The second-order valence-corrected chi connectivity index (χ2v) is 4.50. The zero-order chi connectivity index (χ0) is 14.9. The van der Waals surface area contributed by atoms with Gasteiger partial charge in [-0.2, -0.15) is 13.2 Å². The number of nitrogens with zero attached hydrogens (tertiary/aromatic N) is 4. The Labute approximate surface area is 113 Å². The third-order valence-corrected chi connectivity index (χ3v) is 2.78. The molecule has 2 heterocycles. The van der Waals surface area contributed by atoms with Crippen molar-refractivity contribution in [2.75, 3.05) is 0 Å². The summed E-state index contributed by atoms with van der Waals surface area (Å²) >= 11 is 0. The fourth-order valence-electron chi connectivity index (χ4n) is 1.76. The van der Waals surface area contributed by atoms with Crippen LogP contribution < -0.4 is 0 Å². The number of hydrogen-bond donors (Lipinski definition) is 0. The fourth-order valence-corrected chi connectivity index (χ4v) is 1.76. The first kappa shape index (κ1) is 14.4. The Kier molecular flexibility index (Phi) is 3.69. The molecule has 0 N–H and O–H groups in total. The molecule has 0 aliphatic heterocycles. The van der Waals surface area contributed by atoms with Crippen molar-refractivity contribution in [2.45, 2.75) is 32.9 Å². The Bertz CT molecular complexity index is 659. The van der Waals surface area contributed by atoms with Gasteiger partial charge in [-0.15, -0.1) is 0 Å². The van der Waals surface area contributed by atoms with E-state index in [0.717, 1.165) is 0 Å². The summed E-state index contributed by atoms with van der Waals surface area (Å²) in [6.07, 6.45) is -2.94. The normalized spacial score (nSPS) is 11.8. The topological polar surface area (TPSA) is 51.6 Å². The van der Waals surface area contributed by atoms with Gasteiger partial charge in [-0.3, -0.25) is 0 Å². The first-order valence-corrected chi connectivity index (χ1v) is 5.99. The predicted octanol–water partition coefficient (Wildman–Crippen LogP) is 3.09. The molecule has 4 nitrogen and oxygen atoms in total. The number of hydrogen-bond acceptors (Lipinski definition) is 4. The zero-order valence-electron chi connectivity index (χ0n) is 11.1. The number of halogens is 3. The van der Waals surface area contributed by atoms with Crippen LogP contribution in [0, 0.1) is 13.8 Å². The Morgan fingerprint density at radius 2 is 1.90 bits per heavy atom. The van der Waals surface area contributed by atoms with Gasteiger partial charge in [-0.05, 0) is 26.7 Å². The summed E-state index contributed by atoms with van der Waals surface area (Å²) in [6.45, 7) is 6.50. The number of aryl methyl sites for hydroxylation is 3. The molecule has 2 rings (SSSR count). The van der Waals surface area contributed by atoms with Crippen LogP contribution in [0.3, 0.4) is 0 Å². The van der Waals surface area contributed by atoms with Gasteiger partial charge in [-0.1, -0.05) is 6.58 Å². The molecule has 20 heavy (non-hydrogen) atoms. The van der Waals surface area contributed by atoms with Crippen LogP contribution in [0.4, 0.5) is 13.2 Å². The third kappa shape index (κ3) is 3.09. The standard InChI is InChI=1S/C13H13F3N4/c1-7(13(14,15)16)4-5-10-11-12(20-9(3)19-10)18-8(2)6-17-11/h6H,1,4-5H2,2-3H3. The number of alkyl halides is 3. The highest BCUT2D eigenvalue weighted by Crippen LogP contribution is 2.28. The summed E-state index contributed by atoms with van der Waals surface area (Å²) in [4.78, 5) is 16.7. The molecule has 0 aliphatic carbocycles. The van der Waals surface area contributed by atoms with Gasteiger partial charge in [0.2, 0.25) is 0 Å². The number of rotatable bonds is 3. The van der Waals surface area contributed by atoms with Gasteiger partial charge in [0.25, 0.3) is 0 Å². The molecule has 0 saturated carbocycles. The average Bonchev–Trinajstić information content (AvgIpc) is 2.33. The lowest BCUT2D eigenvalue weighted by atomic mass is 10.1. The second kappa shape index (κ2) is 5.15. The number of fused-ring (bicyclic) bond motifs is 1. The fraction of sp³-hybridized carbons (Fsp3) is 0.385. The molecule has 0 aliphatic rings. The summed E-state index contributed by atoms with van der Waals surface area (Å²) in [7, 11) is 0. The van der Waals surface area contributed by atoms with E-state index in [-0.39, 0.29) is 12.8 Å². The molecular weight excluding hydrogens is 269 g/mol. The molecule has 7 heteroatoms. The molecule has 0 aromatic carbocycles. The van der Waals surface area contributed by atoms with E-state index >= 15 is 0 Å². The largest absolute Gasteiger partial charge is 0.412 e. The van der Waals surface area contributed by atoms with Gasteiger partial charge >= 0.3 is 6.18 Å². The molecule has 2 aromatic rings. The first-order chi connectivity index (χ1) is 9.27. The molecule has 0 unspecified atom stereocenters. The molecule has 0 spiro atoms. The quantitative estimate of drug-likeness (QED) is 0.812. The summed E-state index contributed by atoms with van der Waals surface area (Å²) in [6, 6.07) is 0. The minimum absolute atomic E-state index is 0.107. The smallest absolute Gasteiger partial charge is 0.249 e. The van der Waals surface area contributed by atoms with Crippen molar-refractivity contribution in [1.82, 2.24) is 19.9 Å². The van der Waals surface area contributed by atoms with Crippen LogP contribution in [-0.2, 0) is 6.42 Å². The lowest BCUT2D eigenvalue weighted by Gasteiger charge is -2.10. The van der Waals surface area contributed by atoms with Crippen LogP contribution >= 0.6 is 0 Å². The third-order valence-electron chi connectivity index (χ3n) is 2.78. The van der Waals surface area contributed by atoms with E-state index in [2.05, 4.69) is 26.5 Å². The molecule has 0 saturated heterocycles. The average molecular weight is 282 g/mol. The minimum atomic E-state index is -4.37. The van der Waals surface area contributed by atoms with Crippen molar-refractivity contribution in [3.8, 4) is 0 Å². The molecule has 0 radical (unpaired) electrons. The van der Waals surface area contributed by atoms with Crippen LogP contribution in [0.2, 0.25) is 0 Å². The van der Waals surface area contributed by atoms with E-state index in [1.54, 1.807) is 20.0 Å². The van der Waals surface area contributed by atoms with Crippen molar-refractivity contribution in [1.29, 1.82) is 0 Å². The van der Waals surface area contributed by atoms with Crippen molar-refractivity contribution in [2.24, 2.45) is 0 Å². The second-order valence-electron chi connectivity index (χ2n) is 4.50. The van der Waals surface area contributed by atoms with E-state index in [4.69, 9.17) is 0 Å². The van der Waals surface area contributed by atoms with E-state index < -0.39 is 11.7 Å². The lowest BCUT2D eigenvalue weighted by molar-refractivity contribution is -0.0935. The highest BCUT2D eigenvalue weighted by atomic mass is 19.4. The Hall–Kier alpha value is -2.05. The van der Waals surface area contributed by atoms with Gasteiger partial charge in [0.1, 0.15) is 11.3 Å². The SMILES string of the molecule is C=C(CCc1nc(C)nc2nc(C)cnc12)C(F)(F)F. The van der Waals surface area contributed by atoms with Crippen LogP contribution in [-0.4, -0.2) is 26.1 Å². The Morgan fingerprint density at radius 3 is 2.55 bits per heavy atom. The zero-order valence-corrected chi connectivity index (χ0v) is 11.1. The van der Waals surface area contributed by atoms with Crippen LogP contribution in [0.5, 0.6) is 0 Å². The number of aromatic nitrogens is 4. The van der Waals surface area contributed by atoms with Gasteiger partial charge in [0.15, 0.2) is 5.65 Å². The Balaban J connectivity index is 2.32. The van der Waals surface area contributed by atoms with Crippen molar-refractivity contribution in [3.63, 3.8) is 0 Å². The lowest BCUT2D eigenvalue weighted by Crippen LogP contribution is -2.12. The van der Waals surface area contributed by atoms with E-state index in [1.165, 1.54) is 0 Å². The van der Waals surface area contributed by atoms with Crippen molar-refractivity contribution in [3.05, 3.63) is 35.6 Å². The highest BCUT2D eigenvalue weighted by Gasteiger charge is 2.31. The molecule has 0 amide bonds. The van der Waals surface area contributed by atoms with Gasteiger partial charge in [0.05, 0.1) is 11.4 Å². The molecule has 2 aromatic heterocycles. The molecule has 0 fully saturated rings. The maximum Gasteiger partial charge on any atom is 0.412 e. The van der Waals surface area contributed by atoms with Crippen LogP contribution in [0.15, 0.2) is 18.3 Å². The monoisotopic (exact) mass is 282 g/mol. The molecule has 106 valence electrons. The number of allylic oxidation sites excluding steroid dienone is 1. The van der Waals surface area contributed by atoms with Crippen LogP contribution in [0.1, 0.15) is 23.6 Å². The predicted molar refractivity (Wildman–Crippen MR) is 68.1 cm³/mol. The summed E-state index contributed by atoms with van der Waals surface area (Å²) in [5, 5.41) is 0.